The minimum absolute atomic E-state index is 0.00685. The molecule has 3 aromatic carbocycles. The number of hydrogen-bond donors (Lipinski definition) is 0. The summed E-state index contributed by atoms with van der Waals surface area (Å²) in [4.78, 5) is 39.1. The fraction of sp³-hybridized carbons (Fsp3) is 0.115. The van der Waals surface area contributed by atoms with Crippen molar-refractivity contribution in [1.82, 2.24) is 4.90 Å². The molecular weight excluding hydrogens is 525 g/mol. The lowest BCUT2D eigenvalue weighted by Gasteiger charge is -2.13. The van der Waals surface area contributed by atoms with Crippen LogP contribution in [0.1, 0.15) is 15.9 Å². The Morgan fingerprint density at radius 1 is 1.00 bits per heavy atom. The first-order valence-corrected chi connectivity index (χ1v) is 12.2. The molecule has 3 aromatic rings. The fourth-order valence-corrected chi connectivity index (χ4v) is 4.65. The highest BCUT2D eigenvalue weighted by Gasteiger charge is 2.35. The van der Waals surface area contributed by atoms with Crippen LogP contribution < -0.4 is 14.2 Å². The number of hydrogen-bond acceptors (Lipinski definition) is 7. The number of halogens is 2. The maximum atomic E-state index is 12.8. The molecule has 1 aliphatic rings. The van der Waals surface area contributed by atoms with E-state index >= 15 is 0 Å². The first-order chi connectivity index (χ1) is 17.4. The summed E-state index contributed by atoms with van der Waals surface area (Å²) in [7, 11) is 1.39. The standard InChI is InChI=1S/C26H19Cl2NO6S/c1-33-21-14-16(13-20(28)23(21)35-25(31)18-9-5-6-10-19(18)27)15-22-24(30)29(26(32)36-22)11-12-34-17-7-3-2-4-8-17/h2-10,13-15H,11-12H2,1H3/b22-15-. The van der Waals surface area contributed by atoms with Crippen molar-refractivity contribution in [3.05, 3.63) is 92.8 Å². The molecule has 0 spiro atoms. The summed E-state index contributed by atoms with van der Waals surface area (Å²) in [5, 5.41) is -0.0816. The lowest BCUT2D eigenvalue weighted by atomic mass is 10.1. The van der Waals surface area contributed by atoms with E-state index < -0.39 is 17.1 Å². The van der Waals surface area contributed by atoms with Crippen LogP contribution in [-0.2, 0) is 4.79 Å². The molecule has 0 aromatic heterocycles. The number of ether oxygens (including phenoxy) is 3. The molecule has 1 heterocycles. The zero-order valence-corrected chi connectivity index (χ0v) is 21.2. The number of carbonyl (C=O) groups excluding carboxylic acids is 3. The molecule has 2 amide bonds. The van der Waals surface area contributed by atoms with Gasteiger partial charge in [-0.1, -0.05) is 53.5 Å². The Morgan fingerprint density at radius 3 is 2.44 bits per heavy atom. The maximum absolute atomic E-state index is 12.8. The zero-order valence-electron chi connectivity index (χ0n) is 18.9. The topological polar surface area (TPSA) is 82.1 Å². The largest absolute Gasteiger partial charge is 0.493 e. The van der Waals surface area contributed by atoms with Crippen LogP contribution in [0.3, 0.4) is 0 Å². The molecule has 0 N–H and O–H groups in total. The minimum atomic E-state index is -0.701. The van der Waals surface area contributed by atoms with E-state index in [0.717, 1.165) is 16.7 Å². The molecular formula is C26H19Cl2NO6S. The number of benzene rings is 3. The first kappa shape index (κ1) is 25.6. The zero-order chi connectivity index (χ0) is 25.7. The molecule has 0 aliphatic carbocycles. The normalized spacial score (nSPS) is 14.3. The lowest BCUT2D eigenvalue weighted by molar-refractivity contribution is -0.123. The van der Waals surface area contributed by atoms with E-state index in [0.29, 0.717) is 11.3 Å². The van der Waals surface area contributed by atoms with Gasteiger partial charge in [0.1, 0.15) is 12.4 Å². The van der Waals surface area contributed by atoms with Crippen LogP contribution in [0.2, 0.25) is 10.0 Å². The number of esters is 1. The van der Waals surface area contributed by atoms with E-state index in [2.05, 4.69) is 0 Å². The van der Waals surface area contributed by atoms with Crippen LogP contribution in [0.25, 0.3) is 6.08 Å². The van der Waals surface area contributed by atoms with E-state index in [-0.39, 0.29) is 45.2 Å². The summed E-state index contributed by atoms with van der Waals surface area (Å²) in [6.07, 6.45) is 1.52. The van der Waals surface area contributed by atoms with Gasteiger partial charge in [-0.3, -0.25) is 14.5 Å². The van der Waals surface area contributed by atoms with Crippen LogP contribution in [-0.4, -0.2) is 42.3 Å². The van der Waals surface area contributed by atoms with Crippen LogP contribution in [0.4, 0.5) is 4.79 Å². The summed E-state index contributed by atoms with van der Waals surface area (Å²) in [5.41, 5.74) is 0.659. The number of methoxy groups -OCH3 is 1. The highest BCUT2D eigenvalue weighted by Crippen LogP contribution is 2.39. The molecule has 0 unspecified atom stereocenters. The molecule has 0 radical (unpaired) electrons. The number of nitrogens with zero attached hydrogens (tertiary/aromatic N) is 1. The van der Waals surface area contributed by atoms with E-state index in [9.17, 15) is 14.4 Å². The summed E-state index contributed by atoms with van der Waals surface area (Å²) < 4.78 is 16.4. The van der Waals surface area contributed by atoms with Gasteiger partial charge in [0.15, 0.2) is 11.5 Å². The van der Waals surface area contributed by atoms with Gasteiger partial charge in [0.05, 0.1) is 34.2 Å². The van der Waals surface area contributed by atoms with Gasteiger partial charge in [0.2, 0.25) is 0 Å². The van der Waals surface area contributed by atoms with Crippen molar-refractivity contribution in [2.75, 3.05) is 20.3 Å². The fourth-order valence-electron chi connectivity index (χ4n) is 3.31. The Bertz CT molecular complexity index is 1350. The van der Waals surface area contributed by atoms with Crippen molar-refractivity contribution >= 4 is 58.2 Å². The van der Waals surface area contributed by atoms with Crippen LogP contribution >= 0.6 is 35.0 Å². The van der Waals surface area contributed by atoms with Crippen molar-refractivity contribution in [2.45, 2.75) is 0 Å². The summed E-state index contributed by atoms with van der Waals surface area (Å²) in [6, 6.07) is 18.6. The van der Waals surface area contributed by atoms with Crippen LogP contribution in [0.5, 0.6) is 17.2 Å². The molecule has 0 bridgehead atoms. The molecule has 1 fully saturated rings. The third kappa shape index (κ3) is 5.84. The van der Waals surface area contributed by atoms with Crippen LogP contribution in [0.15, 0.2) is 71.6 Å². The van der Waals surface area contributed by atoms with Gasteiger partial charge in [-0.15, -0.1) is 0 Å². The molecule has 1 saturated heterocycles. The number of amides is 2. The Labute approximate surface area is 221 Å². The summed E-state index contributed by atoms with van der Waals surface area (Å²) in [6.45, 7) is 0.276. The Balaban J connectivity index is 1.48. The summed E-state index contributed by atoms with van der Waals surface area (Å²) in [5.74, 6) is -0.313. The van der Waals surface area contributed by atoms with Crippen molar-refractivity contribution in [3.8, 4) is 17.2 Å². The van der Waals surface area contributed by atoms with E-state index in [4.69, 9.17) is 37.4 Å². The predicted octanol–water partition coefficient (Wildman–Crippen LogP) is 6.34. The van der Waals surface area contributed by atoms with Crippen molar-refractivity contribution < 1.29 is 28.6 Å². The quantitative estimate of drug-likeness (QED) is 0.186. The molecule has 36 heavy (non-hydrogen) atoms. The molecule has 1 aliphatic heterocycles. The number of thioether (sulfide) groups is 1. The van der Waals surface area contributed by atoms with Gasteiger partial charge < -0.3 is 14.2 Å². The highest BCUT2D eigenvalue weighted by atomic mass is 35.5. The average molecular weight is 544 g/mol. The molecule has 4 rings (SSSR count). The molecule has 0 saturated carbocycles. The average Bonchev–Trinajstić information content (AvgIpc) is 3.13. The number of imide groups is 1. The third-order valence-electron chi connectivity index (χ3n) is 5.04. The van der Waals surface area contributed by atoms with Gasteiger partial charge in [-0.25, -0.2) is 4.79 Å². The van der Waals surface area contributed by atoms with E-state index in [1.54, 1.807) is 36.4 Å². The minimum Gasteiger partial charge on any atom is -0.493 e. The van der Waals surface area contributed by atoms with Gasteiger partial charge in [0, 0.05) is 0 Å². The first-order valence-electron chi connectivity index (χ1n) is 10.6. The second kappa shape index (κ2) is 11.5. The van der Waals surface area contributed by atoms with Crippen molar-refractivity contribution in [3.63, 3.8) is 0 Å². The van der Waals surface area contributed by atoms with E-state index in [1.807, 2.05) is 18.2 Å². The third-order valence-corrected chi connectivity index (χ3v) is 6.56. The molecule has 10 heteroatoms. The predicted molar refractivity (Wildman–Crippen MR) is 139 cm³/mol. The smallest absolute Gasteiger partial charge is 0.345 e. The van der Waals surface area contributed by atoms with Gasteiger partial charge in [-0.05, 0) is 59.8 Å². The monoisotopic (exact) mass is 543 g/mol. The number of rotatable bonds is 8. The SMILES string of the molecule is COc1cc(/C=C2\SC(=O)N(CCOc3ccccc3)C2=O)cc(Cl)c1OC(=O)c1ccccc1Cl. The van der Waals surface area contributed by atoms with Crippen molar-refractivity contribution in [2.24, 2.45) is 0 Å². The Hall–Kier alpha value is -3.46. The molecule has 184 valence electrons. The molecule has 7 nitrogen and oxygen atoms in total. The van der Waals surface area contributed by atoms with E-state index in [1.165, 1.54) is 25.3 Å². The number of para-hydroxylation sites is 1. The molecule has 0 atom stereocenters. The Kier molecular flexibility index (Phi) is 8.20. The second-order valence-electron chi connectivity index (χ2n) is 7.40. The lowest BCUT2D eigenvalue weighted by Crippen LogP contribution is -2.32. The van der Waals surface area contributed by atoms with Gasteiger partial charge >= 0.3 is 5.97 Å². The Morgan fingerprint density at radius 2 is 1.72 bits per heavy atom. The van der Waals surface area contributed by atoms with Crippen molar-refractivity contribution in [1.29, 1.82) is 0 Å². The highest BCUT2D eigenvalue weighted by molar-refractivity contribution is 8.18. The second-order valence-corrected chi connectivity index (χ2v) is 9.21. The number of carbonyl (C=O) groups is 3. The maximum Gasteiger partial charge on any atom is 0.345 e. The van der Waals surface area contributed by atoms with Gasteiger partial charge in [0.25, 0.3) is 11.1 Å². The summed E-state index contributed by atoms with van der Waals surface area (Å²) >= 11 is 13.3. The van der Waals surface area contributed by atoms with Gasteiger partial charge in [-0.2, -0.15) is 0 Å². The van der Waals surface area contributed by atoms with Crippen LogP contribution in [0, 0.1) is 0 Å².